The van der Waals surface area contributed by atoms with E-state index in [2.05, 4.69) is 9.97 Å². The van der Waals surface area contributed by atoms with E-state index in [1.807, 2.05) is 0 Å². The van der Waals surface area contributed by atoms with Crippen LogP contribution >= 0.6 is 0 Å². The maximum atomic E-state index is 12.3. The molecule has 1 saturated heterocycles. The van der Waals surface area contributed by atoms with Gasteiger partial charge in [0.25, 0.3) is 10.0 Å². The number of fused-ring (bicyclic) bond motifs is 1. The van der Waals surface area contributed by atoms with E-state index < -0.39 is 10.0 Å². The largest absolute Gasteiger partial charge is 0.332 e. The van der Waals surface area contributed by atoms with Crippen LogP contribution in [0.5, 0.6) is 0 Å². The van der Waals surface area contributed by atoms with Crippen LogP contribution in [0.2, 0.25) is 0 Å². The van der Waals surface area contributed by atoms with E-state index in [-0.39, 0.29) is 5.03 Å². The lowest BCUT2D eigenvalue weighted by molar-refractivity contribution is 0.443. The molecule has 1 aromatic rings. The molecule has 5 nitrogen and oxygen atoms in total. The summed E-state index contributed by atoms with van der Waals surface area (Å²) in [6.45, 7) is 3.13. The van der Waals surface area contributed by atoms with E-state index in [4.69, 9.17) is 0 Å². The van der Waals surface area contributed by atoms with Crippen LogP contribution in [-0.4, -0.2) is 35.8 Å². The summed E-state index contributed by atoms with van der Waals surface area (Å²) < 4.78 is 26.3. The van der Waals surface area contributed by atoms with E-state index in [0.717, 1.165) is 0 Å². The van der Waals surface area contributed by atoms with Crippen LogP contribution in [0.15, 0.2) is 11.2 Å². The lowest BCUT2D eigenvalue weighted by Gasteiger charge is -2.15. The van der Waals surface area contributed by atoms with Crippen LogP contribution in [0.1, 0.15) is 25.1 Å². The molecule has 2 aliphatic rings. The second kappa shape index (κ2) is 3.81. The first-order valence-corrected chi connectivity index (χ1v) is 7.53. The monoisotopic (exact) mass is 255 g/mol. The molecule has 2 fully saturated rings. The Labute approximate surface area is 101 Å². The van der Waals surface area contributed by atoms with Gasteiger partial charge in [0.1, 0.15) is 5.82 Å². The van der Waals surface area contributed by atoms with E-state index in [1.165, 1.54) is 25.5 Å². The van der Waals surface area contributed by atoms with Crippen LogP contribution in [-0.2, 0) is 10.0 Å². The topological polar surface area (TPSA) is 66.1 Å². The second-order valence-electron chi connectivity index (χ2n) is 5.11. The first-order chi connectivity index (χ1) is 8.07. The molecule has 94 valence electrons. The van der Waals surface area contributed by atoms with Crippen molar-refractivity contribution in [1.82, 2.24) is 14.3 Å². The fourth-order valence-electron chi connectivity index (χ4n) is 3.06. The molecule has 0 amide bonds. The number of nitrogens with one attached hydrogen (secondary N) is 1. The molecule has 0 spiro atoms. The van der Waals surface area contributed by atoms with Crippen LogP contribution in [0, 0.1) is 18.8 Å². The fraction of sp³-hybridized carbons (Fsp3) is 0.727. The number of rotatable bonds is 2. The van der Waals surface area contributed by atoms with Crippen molar-refractivity contribution in [1.29, 1.82) is 0 Å². The number of sulfonamides is 1. The molecular weight excluding hydrogens is 238 g/mol. The van der Waals surface area contributed by atoms with Crippen molar-refractivity contribution >= 4 is 10.0 Å². The van der Waals surface area contributed by atoms with Crippen molar-refractivity contribution in [3.05, 3.63) is 12.0 Å². The van der Waals surface area contributed by atoms with E-state index in [1.54, 1.807) is 11.2 Å². The molecule has 0 aromatic carbocycles. The summed E-state index contributed by atoms with van der Waals surface area (Å²) in [7, 11) is -3.34. The fourth-order valence-corrected chi connectivity index (χ4v) is 4.57. The average Bonchev–Trinajstić information content (AvgIpc) is 2.89. The number of nitrogens with zero attached hydrogens (tertiary/aromatic N) is 2. The summed E-state index contributed by atoms with van der Waals surface area (Å²) in [5.41, 5.74) is 0. The number of aromatic amines is 1. The van der Waals surface area contributed by atoms with Gasteiger partial charge < -0.3 is 4.98 Å². The van der Waals surface area contributed by atoms with Gasteiger partial charge in [-0.25, -0.2) is 13.4 Å². The minimum absolute atomic E-state index is 0.231. The van der Waals surface area contributed by atoms with Crippen molar-refractivity contribution in [2.45, 2.75) is 31.2 Å². The Bertz CT molecular complexity index is 511. The smallest absolute Gasteiger partial charge is 0.260 e. The molecule has 1 aromatic heterocycles. The Morgan fingerprint density at radius 3 is 2.53 bits per heavy atom. The summed E-state index contributed by atoms with van der Waals surface area (Å²) in [5, 5.41) is 0.231. The van der Waals surface area contributed by atoms with Gasteiger partial charge in [-0.2, -0.15) is 4.31 Å². The zero-order valence-electron chi connectivity index (χ0n) is 9.89. The minimum atomic E-state index is -3.34. The Balaban J connectivity index is 1.85. The number of H-pyrrole nitrogens is 1. The van der Waals surface area contributed by atoms with E-state index in [0.29, 0.717) is 30.7 Å². The highest BCUT2D eigenvalue weighted by molar-refractivity contribution is 7.89. The molecule has 1 saturated carbocycles. The molecule has 0 bridgehead atoms. The maximum absolute atomic E-state index is 12.3. The molecule has 1 aliphatic heterocycles. The summed E-state index contributed by atoms with van der Waals surface area (Å²) in [6.07, 6.45) is 5.03. The first kappa shape index (κ1) is 11.2. The van der Waals surface area contributed by atoms with Crippen molar-refractivity contribution < 1.29 is 8.42 Å². The van der Waals surface area contributed by atoms with E-state index >= 15 is 0 Å². The predicted octanol–water partition coefficient (Wildman–Crippen LogP) is 1.14. The summed E-state index contributed by atoms with van der Waals surface area (Å²) in [5.74, 6) is 1.80. The highest BCUT2D eigenvalue weighted by Crippen LogP contribution is 2.39. The van der Waals surface area contributed by atoms with Crippen LogP contribution in [0.25, 0.3) is 0 Å². The third-order valence-corrected chi connectivity index (χ3v) is 5.73. The van der Waals surface area contributed by atoms with Gasteiger partial charge in [0.05, 0.1) is 6.20 Å². The number of imidazole rings is 1. The molecule has 1 N–H and O–H groups in total. The lowest BCUT2D eigenvalue weighted by Crippen LogP contribution is -2.29. The summed E-state index contributed by atoms with van der Waals surface area (Å²) >= 11 is 0. The third-order valence-electron chi connectivity index (χ3n) is 3.99. The number of aromatic nitrogens is 2. The average molecular weight is 255 g/mol. The highest BCUT2D eigenvalue weighted by Gasteiger charge is 2.41. The molecule has 3 rings (SSSR count). The Morgan fingerprint density at radius 1 is 1.35 bits per heavy atom. The van der Waals surface area contributed by atoms with Gasteiger partial charge in [0, 0.05) is 13.1 Å². The molecular formula is C11H17N3O2S. The van der Waals surface area contributed by atoms with Gasteiger partial charge in [-0.05, 0) is 31.6 Å². The third kappa shape index (κ3) is 1.79. The van der Waals surface area contributed by atoms with Crippen molar-refractivity contribution in [2.24, 2.45) is 11.8 Å². The normalized spacial score (nSPS) is 29.7. The zero-order valence-corrected chi connectivity index (χ0v) is 10.7. The molecule has 6 heteroatoms. The Morgan fingerprint density at radius 2 is 2.00 bits per heavy atom. The van der Waals surface area contributed by atoms with Gasteiger partial charge in [-0.1, -0.05) is 6.42 Å². The van der Waals surface area contributed by atoms with Crippen molar-refractivity contribution in [3.8, 4) is 0 Å². The van der Waals surface area contributed by atoms with Crippen LogP contribution in [0.4, 0.5) is 0 Å². The molecule has 0 radical (unpaired) electrons. The first-order valence-electron chi connectivity index (χ1n) is 6.09. The Kier molecular flexibility index (Phi) is 2.52. The molecule has 1 aliphatic carbocycles. The SMILES string of the molecule is Cc1ncc(S(=O)(=O)N2CC3CCCC3C2)[nH]1. The van der Waals surface area contributed by atoms with Gasteiger partial charge in [-0.15, -0.1) is 0 Å². The minimum Gasteiger partial charge on any atom is -0.332 e. The second-order valence-corrected chi connectivity index (χ2v) is 7.01. The standard InChI is InChI=1S/C11H17N3O2S/c1-8-12-5-11(13-8)17(15,16)14-6-9-3-2-4-10(9)7-14/h5,9-10H,2-4,6-7H2,1H3,(H,12,13). The van der Waals surface area contributed by atoms with Gasteiger partial charge in [0.15, 0.2) is 5.03 Å². The molecule has 2 atom stereocenters. The summed E-state index contributed by atoms with van der Waals surface area (Å²) in [6, 6.07) is 0. The lowest BCUT2D eigenvalue weighted by atomic mass is 10.0. The number of hydrogen-bond donors (Lipinski definition) is 1. The van der Waals surface area contributed by atoms with Crippen molar-refractivity contribution in [2.75, 3.05) is 13.1 Å². The zero-order chi connectivity index (χ0) is 12.0. The van der Waals surface area contributed by atoms with E-state index in [9.17, 15) is 8.42 Å². The van der Waals surface area contributed by atoms with Crippen LogP contribution < -0.4 is 0 Å². The highest BCUT2D eigenvalue weighted by atomic mass is 32.2. The van der Waals surface area contributed by atoms with Crippen molar-refractivity contribution in [3.63, 3.8) is 0 Å². The summed E-state index contributed by atoms with van der Waals surface area (Å²) in [4.78, 5) is 6.78. The van der Waals surface area contributed by atoms with Gasteiger partial charge in [-0.3, -0.25) is 0 Å². The Hall–Kier alpha value is -0.880. The number of hydrogen-bond acceptors (Lipinski definition) is 3. The predicted molar refractivity (Wildman–Crippen MR) is 62.9 cm³/mol. The van der Waals surface area contributed by atoms with Crippen LogP contribution in [0.3, 0.4) is 0 Å². The number of aryl methyl sites for hydroxylation is 1. The molecule has 2 unspecified atom stereocenters. The van der Waals surface area contributed by atoms with Gasteiger partial charge in [0.2, 0.25) is 0 Å². The maximum Gasteiger partial charge on any atom is 0.260 e. The molecule has 2 heterocycles. The molecule has 17 heavy (non-hydrogen) atoms. The quantitative estimate of drug-likeness (QED) is 0.861. The van der Waals surface area contributed by atoms with Gasteiger partial charge >= 0.3 is 0 Å².